The van der Waals surface area contributed by atoms with Crippen molar-refractivity contribution in [1.29, 1.82) is 0 Å². The maximum absolute atomic E-state index is 13.7. The molecule has 0 saturated carbocycles. The van der Waals surface area contributed by atoms with E-state index in [2.05, 4.69) is 33.2 Å². The van der Waals surface area contributed by atoms with Crippen LogP contribution in [-0.4, -0.2) is 93.7 Å². The van der Waals surface area contributed by atoms with Crippen LogP contribution in [0.3, 0.4) is 0 Å². The number of nitrogens with zero attached hydrogens (tertiary/aromatic N) is 6. The van der Waals surface area contributed by atoms with Crippen LogP contribution in [0.5, 0.6) is 0 Å². The topological polar surface area (TPSA) is 64.9 Å². The molecule has 0 atom stereocenters. The standard InChI is InChI=1S/C26H38N6O2/c1-21-23(19-29(4)27-21)20-30-17-12-26(13-18-30)24(33)31(15-8-14-28(2)3)25(34)32(26)16-11-22-9-6-5-7-10-22/h5-7,9-10,19H,8,11-18,20H2,1-4H3. The molecule has 1 spiro atoms. The highest BCUT2D eigenvalue weighted by molar-refractivity contribution is 6.07. The van der Waals surface area contributed by atoms with Gasteiger partial charge < -0.3 is 9.80 Å². The highest BCUT2D eigenvalue weighted by Crippen LogP contribution is 2.38. The molecule has 0 radical (unpaired) electrons. The molecule has 3 amide bonds. The van der Waals surface area contributed by atoms with Crippen LogP contribution in [0.15, 0.2) is 36.5 Å². The number of imide groups is 1. The summed E-state index contributed by atoms with van der Waals surface area (Å²) in [6.07, 6.45) is 4.97. The smallest absolute Gasteiger partial charge is 0.309 e. The zero-order valence-corrected chi connectivity index (χ0v) is 21.0. The first-order valence-electron chi connectivity index (χ1n) is 12.3. The third kappa shape index (κ3) is 5.03. The van der Waals surface area contributed by atoms with Crippen molar-refractivity contribution in [3.63, 3.8) is 0 Å². The molecular weight excluding hydrogens is 428 g/mol. The van der Waals surface area contributed by atoms with Crippen LogP contribution in [0, 0.1) is 6.92 Å². The Morgan fingerprint density at radius 2 is 1.76 bits per heavy atom. The SMILES string of the molecule is Cc1nn(C)cc1CN1CCC2(CC1)C(=O)N(CCCN(C)C)C(=O)N2CCc1ccccc1. The largest absolute Gasteiger partial charge is 0.327 e. The molecule has 8 heteroatoms. The Balaban J connectivity index is 1.48. The number of aromatic nitrogens is 2. The minimum Gasteiger partial charge on any atom is -0.309 e. The average molecular weight is 467 g/mol. The second kappa shape index (κ2) is 10.3. The summed E-state index contributed by atoms with van der Waals surface area (Å²) in [4.78, 5) is 35.1. The molecular formula is C26H38N6O2. The van der Waals surface area contributed by atoms with Crippen molar-refractivity contribution in [2.45, 2.75) is 44.7 Å². The van der Waals surface area contributed by atoms with E-state index < -0.39 is 5.54 Å². The van der Waals surface area contributed by atoms with Crippen LogP contribution in [-0.2, 0) is 24.8 Å². The molecule has 2 aliphatic heterocycles. The quantitative estimate of drug-likeness (QED) is 0.532. The summed E-state index contributed by atoms with van der Waals surface area (Å²) in [7, 11) is 5.97. The Morgan fingerprint density at radius 1 is 1.06 bits per heavy atom. The Labute approximate surface area is 203 Å². The van der Waals surface area contributed by atoms with E-state index in [0.717, 1.165) is 44.7 Å². The van der Waals surface area contributed by atoms with E-state index in [1.54, 1.807) is 0 Å². The van der Waals surface area contributed by atoms with E-state index in [1.165, 1.54) is 16.0 Å². The maximum Gasteiger partial charge on any atom is 0.327 e. The lowest BCUT2D eigenvalue weighted by Gasteiger charge is -2.42. The van der Waals surface area contributed by atoms with Crippen LogP contribution in [0.2, 0.25) is 0 Å². The number of urea groups is 1. The number of hydrogen-bond donors (Lipinski definition) is 0. The zero-order valence-electron chi connectivity index (χ0n) is 21.0. The molecule has 4 rings (SSSR count). The van der Waals surface area contributed by atoms with Crippen molar-refractivity contribution in [1.82, 2.24) is 29.4 Å². The average Bonchev–Trinajstić information content (AvgIpc) is 3.22. The fourth-order valence-corrected chi connectivity index (χ4v) is 5.33. The number of piperidine rings is 1. The van der Waals surface area contributed by atoms with Crippen LogP contribution in [0.25, 0.3) is 0 Å². The lowest BCUT2D eigenvalue weighted by Crippen LogP contribution is -2.56. The summed E-state index contributed by atoms with van der Waals surface area (Å²) in [5.41, 5.74) is 2.74. The fourth-order valence-electron chi connectivity index (χ4n) is 5.33. The number of aryl methyl sites for hydroxylation is 2. The summed E-state index contributed by atoms with van der Waals surface area (Å²) in [6.45, 7) is 6.36. The second-order valence-electron chi connectivity index (χ2n) is 10.0. The number of amides is 3. The van der Waals surface area contributed by atoms with Gasteiger partial charge in [-0.1, -0.05) is 30.3 Å². The van der Waals surface area contributed by atoms with E-state index in [-0.39, 0.29) is 11.9 Å². The van der Waals surface area contributed by atoms with Gasteiger partial charge >= 0.3 is 6.03 Å². The molecule has 2 fully saturated rings. The molecule has 1 aromatic heterocycles. The third-order valence-corrected chi connectivity index (χ3v) is 7.27. The lowest BCUT2D eigenvalue weighted by atomic mass is 9.85. The first-order valence-corrected chi connectivity index (χ1v) is 12.3. The number of benzene rings is 1. The summed E-state index contributed by atoms with van der Waals surface area (Å²) >= 11 is 0. The van der Waals surface area contributed by atoms with E-state index in [4.69, 9.17) is 0 Å². The molecule has 0 bridgehead atoms. The van der Waals surface area contributed by atoms with Crippen LogP contribution >= 0.6 is 0 Å². The zero-order chi connectivity index (χ0) is 24.3. The molecule has 184 valence electrons. The van der Waals surface area contributed by atoms with Gasteiger partial charge in [-0.2, -0.15) is 5.10 Å². The molecule has 0 unspecified atom stereocenters. The van der Waals surface area contributed by atoms with Gasteiger partial charge in [-0.15, -0.1) is 0 Å². The van der Waals surface area contributed by atoms with Crippen molar-refractivity contribution in [2.75, 3.05) is 46.8 Å². The van der Waals surface area contributed by atoms with E-state index >= 15 is 0 Å². The van der Waals surface area contributed by atoms with Gasteiger partial charge in [-0.25, -0.2) is 4.79 Å². The van der Waals surface area contributed by atoms with E-state index in [9.17, 15) is 9.59 Å². The molecule has 8 nitrogen and oxygen atoms in total. The van der Waals surface area contributed by atoms with Crippen molar-refractivity contribution < 1.29 is 9.59 Å². The monoisotopic (exact) mass is 466 g/mol. The highest BCUT2D eigenvalue weighted by atomic mass is 16.2. The number of rotatable bonds is 9. The van der Waals surface area contributed by atoms with Crippen LogP contribution < -0.4 is 0 Å². The summed E-state index contributed by atoms with van der Waals surface area (Å²) in [6, 6.07) is 10.1. The second-order valence-corrected chi connectivity index (χ2v) is 10.0. The first-order chi connectivity index (χ1) is 16.3. The van der Waals surface area contributed by atoms with Crippen molar-refractivity contribution >= 4 is 11.9 Å². The summed E-state index contributed by atoms with van der Waals surface area (Å²) in [5, 5.41) is 4.46. The predicted molar refractivity (Wildman–Crippen MR) is 132 cm³/mol. The van der Waals surface area contributed by atoms with Crippen molar-refractivity contribution in [3.8, 4) is 0 Å². The molecule has 2 aliphatic rings. The van der Waals surface area contributed by atoms with Crippen molar-refractivity contribution in [3.05, 3.63) is 53.3 Å². The fraction of sp³-hybridized carbons (Fsp3) is 0.577. The van der Waals surface area contributed by atoms with E-state index in [0.29, 0.717) is 25.9 Å². The molecule has 2 saturated heterocycles. The van der Waals surface area contributed by atoms with Gasteiger partial charge in [0, 0.05) is 51.5 Å². The van der Waals surface area contributed by atoms with Gasteiger partial charge in [0.25, 0.3) is 5.91 Å². The highest BCUT2D eigenvalue weighted by Gasteiger charge is 2.57. The molecule has 34 heavy (non-hydrogen) atoms. The molecule has 1 aromatic carbocycles. The van der Waals surface area contributed by atoms with Gasteiger partial charge in [-0.3, -0.25) is 19.3 Å². The maximum atomic E-state index is 13.7. The minimum absolute atomic E-state index is 0.00141. The Hall–Kier alpha value is -2.71. The van der Waals surface area contributed by atoms with Crippen LogP contribution in [0.1, 0.15) is 36.1 Å². The molecule has 0 N–H and O–H groups in total. The van der Waals surface area contributed by atoms with Gasteiger partial charge in [0.1, 0.15) is 5.54 Å². The van der Waals surface area contributed by atoms with Crippen molar-refractivity contribution in [2.24, 2.45) is 7.05 Å². The normalized spacial score (nSPS) is 18.6. The first kappa shape index (κ1) is 24.4. The van der Waals surface area contributed by atoms with Gasteiger partial charge in [0.2, 0.25) is 0 Å². The van der Waals surface area contributed by atoms with Gasteiger partial charge in [0.15, 0.2) is 0 Å². The number of carbonyl (C=O) groups is 2. The summed E-state index contributed by atoms with van der Waals surface area (Å²) < 4.78 is 1.85. The third-order valence-electron chi connectivity index (χ3n) is 7.27. The lowest BCUT2D eigenvalue weighted by molar-refractivity contribution is -0.135. The van der Waals surface area contributed by atoms with E-state index in [1.807, 2.05) is 55.8 Å². The molecule has 3 heterocycles. The molecule has 0 aliphatic carbocycles. The van der Waals surface area contributed by atoms with Gasteiger partial charge in [-0.05, 0) is 58.8 Å². The Kier molecular flexibility index (Phi) is 7.38. The minimum atomic E-state index is -0.718. The Bertz CT molecular complexity index is 994. The number of hydrogen-bond acceptors (Lipinski definition) is 5. The number of likely N-dealkylation sites (tertiary alicyclic amines) is 1. The van der Waals surface area contributed by atoms with Gasteiger partial charge in [0.05, 0.1) is 5.69 Å². The Morgan fingerprint density at radius 3 is 2.38 bits per heavy atom. The molecule has 2 aromatic rings. The predicted octanol–water partition coefficient (Wildman–Crippen LogP) is 2.52. The summed E-state index contributed by atoms with van der Waals surface area (Å²) in [5.74, 6) is 0.00141. The van der Waals surface area contributed by atoms with Crippen LogP contribution in [0.4, 0.5) is 4.79 Å². The number of carbonyl (C=O) groups excluding carboxylic acids is 2.